The molecule has 0 spiro atoms. The number of carbonyl (C=O) groups excluding carboxylic acids is 1. The largest absolute Gasteiger partial charge is 0.293 e. The maximum atomic E-state index is 13.8. The van der Waals surface area contributed by atoms with Crippen molar-refractivity contribution in [3.05, 3.63) is 125 Å². The molecule has 1 heteroatoms. The highest BCUT2D eigenvalue weighted by Gasteiger charge is 2.57. The van der Waals surface area contributed by atoms with Crippen LogP contribution in [-0.2, 0) is 4.79 Å². The van der Waals surface area contributed by atoms with E-state index in [9.17, 15) is 4.79 Å². The average molecular weight is 386 g/mol. The van der Waals surface area contributed by atoms with Crippen molar-refractivity contribution in [3.63, 3.8) is 0 Å². The fraction of sp³-hybridized carbons (Fsp3) is 0.207. The molecule has 4 atom stereocenters. The molecule has 0 heterocycles. The topological polar surface area (TPSA) is 17.1 Å². The van der Waals surface area contributed by atoms with E-state index in [1.54, 1.807) is 0 Å². The molecule has 144 valence electrons. The van der Waals surface area contributed by atoms with Crippen LogP contribution in [-0.4, -0.2) is 5.78 Å². The molecule has 0 N–H and O–H groups in total. The van der Waals surface area contributed by atoms with Crippen molar-refractivity contribution in [1.29, 1.82) is 0 Å². The van der Waals surface area contributed by atoms with Gasteiger partial charge in [0.25, 0.3) is 0 Å². The highest BCUT2D eigenvalue weighted by molar-refractivity contribution is 6.23. The fourth-order valence-corrected chi connectivity index (χ4v) is 6.93. The Morgan fingerprint density at radius 3 is 1.70 bits per heavy atom. The van der Waals surface area contributed by atoms with Crippen molar-refractivity contribution in [3.8, 4) is 0 Å². The molecule has 3 aromatic rings. The van der Waals surface area contributed by atoms with Gasteiger partial charge in [0.05, 0.1) is 0 Å². The van der Waals surface area contributed by atoms with Gasteiger partial charge in [-0.15, -0.1) is 0 Å². The standard InChI is InChI=1S/C29H22O/c30-29-23-15-14-18(16-24(29)17-8-2-1-3-9-17)25-26-19-10-4-6-12-21(19)27(28(23)25)22-13-7-5-11-20(22)26/h1-16,18,23,25-28H. The lowest BCUT2D eigenvalue weighted by molar-refractivity contribution is -0.118. The van der Waals surface area contributed by atoms with Crippen LogP contribution in [0.2, 0.25) is 0 Å². The molecule has 0 aliphatic heterocycles. The van der Waals surface area contributed by atoms with Gasteiger partial charge in [0, 0.05) is 23.3 Å². The zero-order chi connectivity index (χ0) is 19.8. The lowest BCUT2D eigenvalue weighted by Crippen LogP contribution is -2.47. The molecule has 0 radical (unpaired) electrons. The van der Waals surface area contributed by atoms with Crippen LogP contribution in [0, 0.1) is 23.7 Å². The minimum Gasteiger partial charge on any atom is -0.293 e. The number of fused-ring (bicyclic) bond motifs is 1. The first-order chi connectivity index (χ1) is 14.8. The summed E-state index contributed by atoms with van der Waals surface area (Å²) < 4.78 is 0. The van der Waals surface area contributed by atoms with E-state index < -0.39 is 0 Å². The van der Waals surface area contributed by atoms with Crippen molar-refractivity contribution in [2.45, 2.75) is 11.8 Å². The minimum absolute atomic E-state index is 0.0468. The Bertz CT molecular complexity index is 1200. The van der Waals surface area contributed by atoms with Crippen LogP contribution in [0.15, 0.2) is 97.1 Å². The van der Waals surface area contributed by atoms with E-state index in [1.165, 1.54) is 22.3 Å². The summed E-state index contributed by atoms with van der Waals surface area (Å²) >= 11 is 0. The second-order valence-corrected chi connectivity index (χ2v) is 9.17. The number of benzene rings is 3. The summed E-state index contributed by atoms with van der Waals surface area (Å²) in [7, 11) is 0. The smallest absolute Gasteiger partial charge is 0.170 e. The van der Waals surface area contributed by atoms with E-state index in [0.29, 0.717) is 35.4 Å². The first-order valence-corrected chi connectivity index (χ1v) is 11.0. The van der Waals surface area contributed by atoms with Crippen molar-refractivity contribution < 1.29 is 4.79 Å². The van der Waals surface area contributed by atoms with Crippen LogP contribution in [0.25, 0.3) is 5.57 Å². The van der Waals surface area contributed by atoms with Gasteiger partial charge < -0.3 is 0 Å². The molecular formula is C29H22O. The van der Waals surface area contributed by atoms with Crippen LogP contribution >= 0.6 is 0 Å². The molecule has 9 rings (SSSR count). The minimum atomic E-state index is -0.0468. The third-order valence-electron chi connectivity index (χ3n) is 7.96. The molecule has 0 aromatic heterocycles. The van der Waals surface area contributed by atoms with Crippen LogP contribution in [0.4, 0.5) is 0 Å². The molecule has 6 aliphatic rings. The van der Waals surface area contributed by atoms with E-state index in [2.05, 4.69) is 78.9 Å². The Labute approximate surface area is 176 Å². The molecule has 0 saturated heterocycles. The molecule has 6 aliphatic carbocycles. The molecule has 0 amide bonds. The first-order valence-electron chi connectivity index (χ1n) is 11.0. The molecule has 4 bridgehead atoms. The highest BCUT2D eigenvalue weighted by atomic mass is 16.1. The first kappa shape index (κ1) is 16.6. The SMILES string of the molecule is O=C1C(c2ccccc2)=CC2C=CC1C1C3c4ccccc4C(c4ccccc43)C21. The van der Waals surface area contributed by atoms with Gasteiger partial charge in [0.2, 0.25) is 0 Å². The Morgan fingerprint density at radius 2 is 1.10 bits per heavy atom. The zero-order valence-corrected chi connectivity index (χ0v) is 16.6. The number of allylic oxidation sites excluding steroid dienone is 4. The number of Topliss-reactive ketones (excluding diaryl/α,β-unsaturated/α-hetero) is 1. The van der Waals surface area contributed by atoms with E-state index in [0.717, 1.165) is 11.1 Å². The Kier molecular flexibility index (Phi) is 3.27. The van der Waals surface area contributed by atoms with E-state index in [1.807, 2.05) is 18.2 Å². The third-order valence-corrected chi connectivity index (χ3v) is 7.96. The number of carbonyl (C=O) groups is 1. The molecule has 30 heavy (non-hydrogen) atoms. The van der Waals surface area contributed by atoms with Gasteiger partial charge in [0.15, 0.2) is 5.78 Å². The van der Waals surface area contributed by atoms with E-state index in [4.69, 9.17) is 0 Å². The molecule has 0 saturated carbocycles. The van der Waals surface area contributed by atoms with E-state index in [-0.39, 0.29) is 5.92 Å². The number of ketones is 1. The number of rotatable bonds is 1. The predicted octanol–water partition coefficient (Wildman–Crippen LogP) is 5.98. The summed E-state index contributed by atoms with van der Waals surface area (Å²) in [5.74, 6) is 1.99. The van der Waals surface area contributed by atoms with Crippen LogP contribution in [0.1, 0.15) is 39.7 Å². The maximum Gasteiger partial charge on any atom is 0.170 e. The third kappa shape index (κ3) is 2.00. The van der Waals surface area contributed by atoms with Gasteiger partial charge in [-0.3, -0.25) is 4.79 Å². The highest BCUT2D eigenvalue weighted by Crippen LogP contribution is 2.64. The van der Waals surface area contributed by atoms with Crippen molar-refractivity contribution in [1.82, 2.24) is 0 Å². The summed E-state index contributed by atoms with van der Waals surface area (Å²) in [6.07, 6.45) is 6.84. The second kappa shape index (κ2) is 5.92. The predicted molar refractivity (Wildman–Crippen MR) is 119 cm³/mol. The van der Waals surface area contributed by atoms with Crippen molar-refractivity contribution in [2.24, 2.45) is 23.7 Å². The molecule has 0 fully saturated rings. The zero-order valence-electron chi connectivity index (χ0n) is 16.6. The Hall–Kier alpha value is -3.19. The second-order valence-electron chi connectivity index (χ2n) is 9.17. The Morgan fingerprint density at radius 1 is 0.567 bits per heavy atom. The van der Waals surface area contributed by atoms with E-state index >= 15 is 0 Å². The van der Waals surface area contributed by atoms with Gasteiger partial charge in [-0.2, -0.15) is 0 Å². The number of hydrogen-bond acceptors (Lipinski definition) is 1. The van der Waals surface area contributed by atoms with Crippen molar-refractivity contribution >= 4 is 11.4 Å². The lowest BCUT2D eigenvalue weighted by atomic mass is 9.48. The fourth-order valence-electron chi connectivity index (χ4n) is 6.93. The summed E-state index contributed by atoms with van der Waals surface area (Å²) in [4.78, 5) is 13.8. The molecular weight excluding hydrogens is 364 g/mol. The average Bonchev–Trinajstić information content (AvgIpc) is 3.05. The molecule has 3 aromatic carbocycles. The van der Waals surface area contributed by atoms with Crippen LogP contribution in [0.3, 0.4) is 0 Å². The Balaban J connectivity index is 1.47. The summed E-state index contributed by atoms with van der Waals surface area (Å²) in [5.41, 5.74) is 7.81. The molecule has 4 unspecified atom stereocenters. The summed E-state index contributed by atoms with van der Waals surface area (Å²) in [6, 6.07) is 28.2. The summed E-state index contributed by atoms with van der Waals surface area (Å²) in [5, 5.41) is 0. The summed E-state index contributed by atoms with van der Waals surface area (Å²) in [6.45, 7) is 0. The molecule has 1 nitrogen and oxygen atoms in total. The quantitative estimate of drug-likeness (QED) is 0.470. The van der Waals surface area contributed by atoms with Crippen LogP contribution in [0.5, 0.6) is 0 Å². The van der Waals surface area contributed by atoms with Gasteiger partial charge in [-0.05, 0) is 45.6 Å². The normalized spacial score (nSPS) is 32.1. The van der Waals surface area contributed by atoms with Gasteiger partial charge in [-0.25, -0.2) is 0 Å². The lowest BCUT2D eigenvalue weighted by Gasteiger charge is -2.54. The van der Waals surface area contributed by atoms with Gasteiger partial charge in [-0.1, -0.05) is 97.1 Å². The number of hydrogen-bond donors (Lipinski definition) is 0. The van der Waals surface area contributed by atoms with Crippen LogP contribution < -0.4 is 0 Å². The van der Waals surface area contributed by atoms with Gasteiger partial charge >= 0.3 is 0 Å². The van der Waals surface area contributed by atoms with Gasteiger partial charge in [0.1, 0.15) is 0 Å². The monoisotopic (exact) mass is 386 g/mol. The van der Waals surface area contributed by atoms with Crippen molar-refractivity contribution in [2.75, 3.05) is 0 Å². The maximum absolute atomic E-state index is 13.8.